The van der Waals surface area contributed by atoms with E-state index in [1.807, 2.05) is 31.2 Å². The Bertz CT molecular complexity index is 943. The van der Waals surface area contributed by atoms with Crippen LogP contribution in [0.4, 0.5) is 0 Å². The second-order valence-corrected chi connectivity index (χ2v) is 9.08. The minimum atomic E-state index is -3.64. The maximum absolute atomic E-state index is 12.7. The molecule has 158 valence electrons. The molecule has 0 radical (unpaired) electrons. The molecule has 0 unspecified atom stereocenters. The van der Waals surface area contributed by atoms with E-state index in [1.165, 1.54) is 10.5 Å². The molecule has 0 aliphatic carbocycles. The highest BCUT2D eigenvalue weighted by Gasteiger charge is 2.34. The number of para-hydroxylation sites is 1. The normalized spacial score (nSPS) is 16.0. The van der Waals surface area contributed by atoms with Crippen molar-refractivity contribution in [1.29, 1.82) is 0 Å². The van der Waals surface area contributed by atoms with Crippen molar-refractivity contribution in [1.82, 2.24) is 13.9 Å². The number of aryl methyl sites for hydroxylation is 3. The molecule has 29 heavy (non-hydrogen) atoms. The van der Waals surface area contributed by atoms with Crippen molar-refractivity contribution in [2.45, 2.75) is 31.7 Å². The van der Waals surface area contributed by atoms with E-state index in [0.717, 1.165) is 11.3 Å². The molecule has 3 rings (SSSR count). The number of ether oxygens (including phenoxy) is 2. The number of benzene rings is 1. The van der Waals surface area contributed by atoms with Crippen molar-refractivity contribution in [3.05, 3.63) is 41.9 Å². The minimum Gasteiger partial charge on any atom is -0.490 e. The minimum absolute atomic E-state index is 0.0480. The maximum atomic E-state index is 12.7. The lowest BCUT2D eigenvalue weighted by molar-refractivity contribution is -0.150. The summed E-state index contributed by atoms with van der Waals surface area (Å²) in [5, 5.41) is 0.0480. The number of hydrogen-bond donors (Lipinski definition) is 0. The zero-order valence-corrected chi connectivity index (χ0v) is 17.8. The van der Waals surface area contributed by atoms with E-state index >= 15 is 0 Å². The van der Waals surface area contributed by atoms with Crippen molar-refractivity contribution in [2.75, 3.05) is 26.3 Å². The monoisotopic (exact) mass is 421 g/mol. The van der Waals surface area contributed by atoms with Gasteiger partial charge in [0.15, 0.2) is 5.03 Å². The molecular formula is C20H27N3O5S. The number of piperidine rings is 1. The molecule has 0 amide bonds. The van der Waals surface area contributed by atoms with Crippen molar-refractivity contribution in [3.8, 4) is 5.75 Å². The standard InChI is InChI=1S/C20H27N3O5S/c1-15-6-4-5-7-18(15)27-12-13-28-20(24)17-8-10-23(11-9-17)29(25,26)19-14-22(3)16(2)21-19/h4-7,14,17H,8-13H2,1-3H3. The van der Waals surface area contributed by atoms with Gasteiger partial charge in [-0.2, -0.15) is 4.31 Å². The highest BCUT2D eigenvalue weighted by atomic mass is 32.2. The molecule has 0 atom stereocenters. The zero-order valence-electron chi connectivity index (χ0n) is 17.0. The Hall–Kier alpha value is -2.39. The third-order valence-electron chi connectivity index (χ3n) is 5.16. The number of esters is 1. The molecule has 0 spiro atoms. The average molecular weight is 422 g/mol. The topological polar surface area (TPSA) is 90.7 Å². The van der Waals surface area contributed by atoms with Crippen molar-refractivity contribution < 1.29 is 22.7 Å². The first-order chi connectivity index (χ1) is 13.8. The fourth-order valence-corrected chi connectivity index (χ4v) is 4.74. The smallest absolute Gasteiger partial charge is 0.309 e. The first kappa shape index (κ1) is 21.3. The molecule has 9 heteroatoms. The summed E-state index contributed by atoms with van der Waals surface area (Å²) in [5.41, 5.74) is 1.02. The number of imidazole rings is 1. The second-order valence-electron chi connectivity index (χ2n) is 7.20. The summed E-state index contributed by atoms with van der Waals surface area (Å²) in [6.45, 7) is 4.70. The second kappa shape index (κ2) is 8.96. The summed E-state index contributed by atoms with van der Waals surface area (Å²) in [6, 6.07) is 7.65. The van der Waals surface area contributed by atoms with Crippen LogP contribution < -0.4 is 4.74 Å². The molecule has 1 aliphatic heterocycles. The Morgan fingerprint density at radius 1 is 1.17 bits per heavy atom. The SMILES string of the molecule is Cc1ccccc1OCCOC(=O)C1CCN(S(=O)(=O)c2cn(C)c(C)n2)CC1. The van der Waals surface area contributed by atoms with Crippen LogP contribution in [0.1, 0.15) is 24.2 Å². The molecule has 0 N–H and O–H groups in total. The Morgan fingerprint density at radius 2 is 1.86 bits per heavy atom. The Morgan fingerprint density at radius 3 is 2.48 bits per heavy atom. The largest absolute Gasteiger partial charge is 0.490 e. The fourth-order valence-electron chi connectivity index (χ4n) is 3.24. The van der Waals surface area contributed by atoms with Crippen LogP contribution in [-0.4, -0.2) is 54.5 Å². The summed E-state index contributed by atoms with van der Waals surface area (Å²) < 4.78 is 39.4. The Labute approximate surface area is 171 Å². The number of sulfonamides is 1. The third kappa shape index (κ3) is 4.97. The Kier molecular flexibility index (Phi) is 6.59. The first-order valence-electron chi connectivity index (χ1n) is 9.64. The van der Waals surface area contributed by atoms with Crippen LogP contribution in [0.25, 0.3) is 0 Å². The molecule has 2 heterocycles. The van der Waals surface area contributed by atoms with Crippen LogP contribution in [0.15, 0.2) is 35.5 Å². The van der Waals surface area contributed by atoms with Gasteiger partial charge in [0.25, 0.3) is 10.0 Å². The van der Waals surface area contributed by atoms with Crippen LogP contribution in [0, 0.1) is 19.8 Å². The van der Waals surface area contributed by atoms with Gasteiger partial charge < -0.3 is 14.0 Å². The molecule has 1 aliphatic rings. The summed E-state index contributed by atoms with van der Waals surface area (Å²) >= 11 is 0. The molecule has 2 aromatic rings. The molecule has 1 saturated heterocycles. The average Bonchev–Trinajstić information content (AvgIpc) is 3.06. The van der Waals surface area contributed by atoms with E-state index in [9.17, 15) is 13.2 Å². The molecule has 1 aromatic carbocycles. The van der Waals surface area contributed by atoms with E-state index in [1.54, 1.807) is 18.5 Å². The fraction of sp³-hybridized carbons (Fsp3) is 0.500. The summed E-state index contributed by atoms with van der Waals surface area (Å²) in [4.78, 5) is 16.4. The van der Waals surface area contributed by atoms with E-state index in [0.29, 0.717) is 18.7 Å². The van der Waals surface area contributed by atoms with Crippen LogP contribution in [0.2, 0.25) is 0 Å². The number of carbonyl (C=O) groups is 1. The van der Waals surface area contributed by atoms with Gasteiger partial charge in [-0.25, -0.2) is 13.4 Å². The predicted octanol–water partition coefficient (Wildman–Crippen LogP) is 2.06. The van der Waals surface area contributed by atoms with Crippen molar-refractivity contribution in [2.24, 2.45) is 13.0 Å². The molecule has 8 nitrogen and oxygen atoms in total. The van der Waals surface area contributed by atoms with Crippen LogP contribution in [-0.2, 0) is 26.6 Å². The summed E-state index contributed by atoms with van der Waals surface area (Å²) in [5.74, 6) is 0.802. The first-order valence-corrected chi connectivity index (χ1v) is 11.1. The highest BCUT2D eigenvalue weighted by molar-refractivity contribution is 7.89. The zero-order chi connectivity index (χ0) is 21.0. The van der Waals surface area contributed by atoms with Gasteiger partial charge in [0.2, 0.25) is 0 Å². The lowest BCUT2D eigenvalue weighted by Crippen LogP contribution is -2.40. The number of hydrogen-bond acceptors (Lipinski definition) is 6. The number of rotatable bonds is 7. The van der Waals surface area contributed by atoms with Gasteiger partial charge in [0.1, 0.15) is 24.8 Å². The van der Waals surface area contributed by atoms with Gasteiger partial charge >= 0.3 is 5.97 Å². The van der Waals surface area contributed by atoms with E-state index in [4.69, 9.17) is 9.47 Å². The third-order valence-corrected chi connectivity index (χ3v) is 6.93. The molecule has 0 bridgehead atoms. The van der Waals surface area contributed by atoms with Gasteiger partial charge in [-0.15, -0.1) is 0 Å². The lowest BCUT2D eigenvalue weighted by Gasteiger charge is -2.29. The number of nitrogens with zero attached hydrogens (tertiary/aromatic N) is 3. The summed E-state index contributed by atoms with van der Waals surface area (Å²) in [7, 11) is -1.88. The van der Waals surface area contributed by atoms with E-state index < -0.39 is 10.0 Å². The van der Waals surface area contributed by atoms with Gasteiger partial charge in [-0.05, 0) is 38.3 Å². The Balaban J connectivity index is 1.45. The van der Waals surface area contributed by atoms with Crippen molar-refractivity contribution in [3.63, 3.8) is 0 Å². The molecule has 1 aromatic heterocycles. The van der Waals surface area contributed by atoms with Crippen LogP contribution >= 0.6 is 0 Å². The predicted molar refractivity (Wildman–Crippen MR) is 107 cm³/mol. The quantitative estimate of drug-likeness (QED) is 0.502. The molecule has 0 saturated carbocycles. The van der Waals surface area contributed by atoms with Gasteiger partial charge in [0.05, 0.1) is 5.92 Å². The lowest BCUT2D eigenvalue weighted by atomic mass is 9.98. The highest BCUT2D eigenvalue weighted by Crippen LogP contribution is 2.24. The van der Waals surface area contributed by atoms with Gasteiger partial charge in [-0.1, -0.05) is 18.2 Å². The van der Waals surface area contributed by atoms with Crippen LogP contribution in [0.3, 0.4) is 0 Å². The summed E-state index contributed by atoms with van der Waals surface area (Å²) in [6.07, 6.45) is 2.38. The van der Waals surface area contributed by atoms with E-state index in [-0.39, 0.29) is 43.2 Å². The van der Waals surface area contributed by atoms with Gasteiger partial charge in [0, 0.05) is 26.3 Å². The molecule has 1 fully saturated rings. The van der Waals surface area contributed by atoms with Crippen molar-refractivity contribution >= 4 is 16.0 Å². The number of carbonyl (C=O) groups excluding carboxylic acids is 1. The van der Waals surface area contributed by atoms with Crippen LogP contribution in [0.5, 0.6) is 5.75 Å². The van der Waals surface area contributed by atoms with Gasteiger partial charge in [-0.3, -0.25) is 4.79 Å². The maximum Gasteiger partial charge on any atom is 0.309 e. The molecular weight excluding hydrogens is 394 g/mol. The van der Waals surface area contributed by atoms with E-state index in [2.05, 4.69) is 4.98 Å². The number of aromatic nitrogens is 2.